The first-order valence-corrected chi connectivity index (χ1v) is 7.52. The molecular weight excluding hydrogens is 299 g/mol. The van der Waals surface area contributed by atoms with Gasteiger partial charge in [0.05, 0.1) is 0 Å². The van der Waals surface area contributed by atoms with Crippen LogP contribution in [0.15, 0.2) is 0 Å². The number of alkyl halides is 4. The third-order valence-electron chi connectivity index (χ3n) is 3.46. The Balaban J connectivity index is 1.89. The third kappa shape index (κ3) is 3.95. The summed E-state index contributed by atoms with van der Waals surface area (Å²) in [5.41, 5.74) is 0. The van der Waals surface area contributed by atoms with E-state index in [-0.39, 0.29) is 5.13 Å². The molecule has 0 radical (unpaired) electrons. The molecule has 1 aliphatic carbocycles. The Bertz CT molecular complexity index is 410. The Labute approximate surface area is 118 Å². The average molecular weight is 314 g/mol. The summed E-state index contributed by atoms with van der Waals surface area (Å²) in [5, 5.41) is 3.19. The second-order valence-corrected chi connectivity index (χ2v) is 5.82. The Morgan fingerprint density at radius 2 is 1.95 bits per heavy atom. The second kappa shape index (κ2) is 6.26. The van der Waals surface area contributed by atoms with Crippen LogP contribution in [0.3, 0.4) is 0 Å². The van der Waals surface area contributed by atoms with Crippen LogP contribution in [-0.2, 0) is 6.18 Å². The molecule has 0 aromatic carbocycles. The Morgan fingerprint density at radius 1 is 1.26 bits per heavy atom. The summed E-state index contributed by atoms with van der Waals surface area (Å²) >= 11 is 6.67. The molecule has 1 aromatic heterocycles. The summed E-state index contributed by atoms with van der Waals surface area (Å²) in [5.74, 6) is 0.385. The van der Waals surface area contributed by atoms with E-state index in [2.05, 4.69) is 14.7 Å². The molecule has 2 atom stereocenters. The maximum Gasteiger partial charge on any atom is 0.452 e. The highest BCUT2D eigenvalue weighted by atomic mass is 35.5. The highest BCUT2D eigenvalue weighted by Gasteiger charge is 2.36. The van der Waals surface area contributed by atoms with Gasteiger partial charge < -0.3 is 5.32 Å². The van der Waals surface area contributed by atoms with Gasteiger partial charge in [-0.3, -0.25) is 0 Å². The number of anilines is 1. The number of rotatable bonds is 4. The van der Waals surface area contributed by atoms with Crippen molar-refractivity contribution in [2.24, 2.45) is 11.8 Å². The van der Waals surface area contributed by atoms with Crippen LogP contribution in [0.4, 0.5) is 18.3 Å². The Morgan fingerprint density at radius 3 is 2.53 bits per heavy atom. The molecule has 1 aromatic rings. The Kier molecular flexibility index (Phi) is 4.89. The fourth-order valence-electron chi connectivity index (χ4n) is 2.39. The van der Waals surface area contributed by atoms with Gasteiger partial charge in [0.25, 0.3) is 0 Å². The fourth-order valence-corrected chi connectivity index (χ4v) is 3.38. The van der Waals surface area contributed by atoms with Crippen molar-refractivity contribution in [1.29, 1.82) is 0 Å². The summed E-state index contributed by atoms with van der Waals surface area (Å²) < 4.78 is 40.4. The van der Waals surface area contributed by atoms with Crippen molar-refractivity contribution in [3.8, 4) is 0 Å². The molecule has 1 saturated carbocycles. The van der Waals surface area contributed by atoms with Crippen molar-refractivity contribution in [3.63, 3.8) is 0 Å². The van der Waals surface area contributed by atoms with Gasteiger partial charge in [-0.25, -0.2) is 0 Å². The minimum Gasteiger partial charge on any atom is -0.360 e. The molecule has 0 spiro atoms. The topological polar surface area (TPSA) is 37.8 Å². The monoisotopic (exact) mass is 313 g/mol. The fraction of sp³-hybridized carbons (Fsp3) is 0.818. The largest absolute Gasteiger partial charge is 0.452 e. The molecule has 0 aliphatic heterocycles. The maximum absolute atomic E-state index is 12.3. The van der Waals surface area contributed by atoms with Gasteiger partial charge in [-0.15, -0.1) is 11.6 Å². The molecule has 0 amide bonds. The summed E-state index contributed by atoms with van der Waals surface area (Å²) in [6.45, 7) is 0.615. The lowest BCUT2D eigenvalue weighted by molar-refractivity contribution is -0.144. The van der Waals surface area contributed by atoms with E-state index in [1.807, 2.05) is 0 Å². The summed E-state index contributed by atoms with van der Waals surface area (Å²) in [4.78, 5) is 3.46. The number of aromatic nitrogens is 2. The van der Waals surface area contributed by atoms with Crippen LogP contribution < -0.4 is 5.32 Å². The minimum absolute atomic E-state index is 0.228. The number of nitrogens with zero attached hydrogens (tertiary/aromatic N) is 2. The van der Waals surface area contributed by atoms with Gasteiger partial charge in [-0.1, -0.05) is 12.8 Å². The zero-order valence-corrected chi connectivity index (χ0v) is 11.8. The van der Waals surface area contributed by atoms with Gasteiger partial charge in [0, 0.05) is 24.0 Å². The number of hydrogen-bond donors (Lipinski definition) is 1. The molecule has 1 fully saturated rings. The molecular formula is C11H15ClF3N3S. The molecule has 108 valence electrons. The first kappa shape index (κ1) is 14.8. The molecule has 1 heterocycles. The summed E-state index contributed by atoms with van der Waals surface area (Å²) in [6.07, 6.45) is 0.0313. The Hall–Kier alpha value is -0.560. The molecule has 1 N–H and O–H groups in total. The zero-order chi connectivity index (χ0) is 13.9. The predicted molar refractivity (Wildman–Crippen MR) is 69.6 cm³/mol. The minimum atomic E-state index is -4.47. The normalized spacial score (nSPS) is 24.4. The van der Waals surface area contributed by atoms with Crippen LogP contribution >= 0.6 is 23.1 Å². The first-order valence-electron chi connectivity index (χ1n) is 6.21. The van der Waals surface area contributed by atoms with E-state index in [0.717, 1.165) is 30.8 Å². The van der Waals surface area contributed by atoms with Crippen molar-refractivity contribution < 1.29 is 13.2 Å². The van der Waals surface area contributed by atoms with E-state index in [1.165, 1.54) is 6.42 Å². The van der Waals surface area contributed by atoms with E-state index in [9.17, 15) is 13.2 Å². The predicted octanol–water partition coefficient (Wildman–Crippen LogP) is 4.01. The van der Waals surface area contributed by atoms with Gasteiger partial charge in [0.15, 0.2) is 0 Å². The molecule has 8 heteroatoms. The van der Waals surface area contributed by atoms with Crippen molar-refractivity contribution in [3.05, 3.63) is 5.82 Å². The van der Waals surface area contributed by atoms with E-state index in [1.54, 1.807) is 0 Å². The van der Waals surface area contributed by atoms with Gasteiger partial charge in [-0.05, 0) is 24.7 Å². The first-order chi connectivity index (χ1) is 9.00. The van der Waals surface area contributed by atoms with Crippen LogP contribution in [-0.4, -0.2) is 21.8 Å². The summed E-state index contributed by atoms with van der Waals surface area (Å²) in [7, 11) is 0. The van der Waals surface area contributed by atoms with Crippen LogP contribution in [0.5, 0.6) is 0 Å². The molecule has 3 nitrogen and oxygen atoms in total. The molecule has 1 aliphatic rings. The van der Waals surface area contributed by atoms with Crippen LogP contribution in [0.25, 0.3) is 0 Å². The molecule has 0 bridgehead atoms. The number of nitrogens with one attached hydrogen (secondary N) is 1. The van der Waals surface area contributed by atoms with Crippen molar-refractivity contribution in [2.75, 3.05) is 17.7 Å². The van der Waals surface area contributed by atoms with E-state index in [0.29, 0.717) is 24.3 Å². The smallest absolute Gasteiger partial charge is 0.360 e. The van der Waals surface area contributed by atoms with Crippen LogP contribution in [0.2, 0.25) is 0 Å². The van der Waals surface area contributed by atoms with E-state index in [4.69, 9.17) is 11.6 Å². The average Bonchev–Trinajstić information content (AvgIpc) is 2.85. The second-order valence-electron chi connectivity index (χ2n) is 4.76. The van der Waals surface area contributed by atoms with Crippen molar-refractivity contribution in [1.82, 2.24) is 9.36 Å². The number of hydrogen-bond acceptors (Lipinski definition) is 4. The number of halogens is 4. The molecule has 0 saturated heterocycles. The van der Waals surface area contributed by atoms with E-state index >= 15 is 0 Å². The van der Waals surface area contributed by atoms with Gasteiger partial charge in [-0.2, -0.15) is 22.5 Å². The zero-order valence-electron chi connectivity index (χ0n) is 10.2. The maximum atomic E-state index is 12.3. The molecule has 19 heavy (non-hydrogen) atoms. The van der Waals surface area contributed by atoms with Crippen molar-refractivity contribution in [2.45, 2.75) is 31.9 Å². The van der Waals surface area contributed by atoms with Crippen LogP contribution in [0, 0.1) is 11.8 Å². The van der Waals surface area contributed by atoms with E-state index < -0.39 is 12.0 Å². The lowest BCUT2D eigenvalue weighted by Crippen LogP contribution is -2.27. The third-order valence-corrected chi connectivity index (χ3v) is 4.53. The van der Waals surface area contributed by atoms with Crippen LogP contribution in [0.1, 0.15) is 31.5 Å². The highest BCUT2D eigenvalue weighted by molar-refractivity contribution is 7.09. The van der Waals surface area contributed by atoms with Crippen molar-refractivity contribution >= 4 is 28.3 Å². The molecule has 2 unspecified atom stereocenters. The highest BCUT2D eigenvalue weighted by Crippen LogP contribution is 2.32. The van der Waals surface area contributed by atoms with Gasteiger partial charge >= 0.3 is 6.18 Å². The quantitative estimate of drug-likeness (QED) is 0.853. The lowest BCUT2D eigenvalue weighted by Gasteiger charge is -2.30. The summed E-state index contributed by atoms with van der Waals surface area (Å²) in [6, 6.07) is 0. The van der Waals surface area contributed by atoms with Gasteiger partial charge in [0.2, 0.25) is 11.0 Å². The van der Waals surface area contributed by atoms with Gasteiger partial charge in [0.1, 0.15) is 0 Å². The SMILES string of the molecule is FC(F)(F)c1nsc(NCC2CCCCC2CCl)n1. The standard InChI is InChI=1S/C11H15ClF3N3S/c12-5-7-3-1-2-4-8(7)6-16-10-17-9(18-19-10)11(13,14)15/h7-8H,1-6H2,(H,16,17,18). The molecule has 2 rings (SSSR count). The lowest BCUT2D eigenvalue weighted by atomic mass is 9.80.